The number of hydrogen-bond donors (Lipinski definition) is 1. The predicted molar refractivity (Wildman–Crippen MR) is 86.8 cm³/mol. The maximum atomic E-state index is 4.81. The molecule has 0 bridgehead atoms. The third kappa shape index (κ3) is 2.30. The summed E-state index contributed by atoms with van der Waals surface area (Å²) in [5, 5.41) is 15.6. The molecule has 1 unspecified atom stereocenters. The molecule has 0 aliphatic carbocycles. The Morgan fingerprint density at radius 3 is 2.87 bits per heavy atom. The summed E-state index contributed by atoms with van der Waals surface area (Å²) < 4.78 is 3.82. The van der Waals surface area contributed by atoms with Crippen LogP contribution in [0.5, 0.6) is 0 Å². The average Bonchev–Trinajstić information content (AvgIpc) is 3.33. The van der Waals surface area contributed by atoms with Crippen molar-refractivity contribution in [3.05, 3.63) is 43.2 Å². The highest BCUT2D eigenvalue weighted by Crippen LogP contribution is 2.26. The third-order valence-electron chi connectivity index (χ3n) is 4.10. The molecule has 23 heavy (non-hydrogen) atoms. The van der Waals surface area contributed by atoms with Gasteiger partial charge in [-0.3, -0.25) is 9.78 Å². The minimum absolute atomic E-state index is 0.363. The molecule has 116 valence electrons. The van der Waals surface area contributed by atoms with Crippen molar-refractivity contribution >= 4 is 5.52 Å². The molecule has 0 saturated heterocycles. The lowest BCUT2D eigenvalue weighted by Gasteiger charge is -2.08. The molecule has 4 aromatic rings. The fourth-order valence-corrected chi connectivity index (χ4v) is 2.56. The van der Waals surface area contributed by atoms with E-state index in [4.69, 9.17) is 4.98 Å². The largest absolute Gasteiger partial charge is 0.285 e. The number of hydrogen-bond acceptors (Lipinski definition) is 4. The Hall–Kier alpha value is -2.96. The van der Waals surface area contributed by atoms with Crippen molar-refractivity contribution in [2.75, 3.05) is 0 Å². The number of rotatable bonds is 4. The Labute approximate surface area is 133 Å². The van der Waals surface area contributed by atoms with E-state index in [2.05, 4.69) is 34.2 Å². The summed E-state index contributed by atoms with van der Waals surface area (Å²) in [5.41, 5.74) is 4.57. The molecule has 4 aromatic heterocycles. The van der Waals surface area contributed by atoms with E-state index in [0.717, 1.165) is 34.5 Å². The van der Waals surface area contributed by atoms with Crippen LogP contribution in [0.15, 0.2) is 43.2 Å². The van der Waals surface area contributed by atoms with Crippen LogP contribution in [0.2, 0.25) is 0 Å². The fourth-order valence-electron chi connectivity index (χ4n) is 2.56. The van der Waals surface area contributed by atoms with Crippen LogP contribution < -0.4 is 0 Å². The molecule has 0 aromatic carbocycles. The zero-order valence-electron chi connectivity index (χ0n) is 13.0. The van der Waals surface area contributed by atoms with Crippen LogP contribution in [0.4, 0.5) is 0 Å². The first kappa shape index (κ1) is 13.7. The molecule has 1 N–H and O–H groups in total. The van der Waals surface area contributed by atoms with Gasteiger partial charge >= 0.3 is 0 Å². The highest BCUT2D eigenvalue weighted by Gasteiger charge is 2.14. The van der Waals surface area contributed by atoms with E-state index in [0.29, 0.717) is 6.04 Å². The number of aromatic amines is 1. The first-order valence-corrected chi connectivity index (χ1v) is 7.64. The average molecular weight is 307 g/mol. The van der Waals surface area contributed by atoms with E-state index in [1.54, 1.807) is 12.4 Å². The number of H-pyrrole nitrogens is 1. The van der Waals surface area contributed by atoms with Crippen molar-refractivity contribution in [3.8, 4) is 22.5 Å². The van der Waals surface area contributed by atoms with Crippen LogP contribution in [0.25, 0.3) is 28.0 Å². The van der Waals surface area contributed by atoms with E-state index in [1.165, 1.54) is 0 Å². The van der Waals surface area contributed by atoms with Crippen molar-refractivity contribution in [2.45, 2.75) is 26.3 Å². The second-order valence-corrected chi connectivity index (χ2v) is 5.59. The van der Waals surface area contributed by atoms with Gasteiger partial charge in [-0.2, -0.15) is 15.3 Å². The van der Waals surface area contributed by atoms with Crippen molar-refractivity contribution in [2.24, 2.45) is 0 Å². The number of nitrogens with zero attached hydrogens (tertiary/aromatic N) is 6. The molecular weight excluding hydrogens is 290 g/mol. The lowest BCUT2D eigenvalue weighted by atomic mass is 10.2. The Morgan fingerprint density at radius 2 is 2.09 bits per heavy atom. The van der Waals surface area contributed by atoms with Gasteiger partial charge in [-0.05, 0) is 19.4 Å². The maximum Gasteiger partial charge on any atom is 0.0999 e. The molecule has 4 heterocycles. The van der Waals surface area contributed by atoms with Gasteiger partial charge in [0.25, 0.3) is 0 Å². The maximum absolute atomic E-state index is 4.81. The summed E-state index contributed by atoms with van der Waals surface area (Å²) in [6.45, 7) is 4.31. The Bertz CT molecular complexity index is 933. The second kappa shape index (κ2) is 5.35. The molecule has 0 saturated carbocycles. The molecule has 4 rings (SSSR count). The quantitative estimate of drug-likeness (QED) is 0.629. The zero-order valence-corrected chi connectivity index (χ0v) is 13.0. The highest BCUT2D eigenvalue weighted by atomic mass is 15.3. The van der Waals surface area contributed by atoms with Crippen LogP contribution in [0.3, 0.4) is 0 Å². The van der Waals surface area contributed by atoms with Gasteiger partial charge in [0.05, 0.1) is 41.7 Å². The topological polar surface area (TPSA) is 76.7 Å². The summed E-state index contributed by atoms with van der Waals surface area (Å²) in [6, 6.07) is 2.32. The molecule has 7 heteroatoms. The standard InChI is InChI=1S/C16H17N7/c1-3-11(2)22-9-13(8-20-22)16-15-4-5-19-23(15)10-14(21-16)12-6-17-18-7-12/h4-11H,3H2,1-2H3,(H,17,18). The predicted octanol–water partition coefficient (Wildman–Crippen LogP) is 2.95. The molecule has 1 atom stereocenters. The minimum Gasteiger partial charge on any atom is -0.285 e. The SMILES string of the molecule is CCC(C)n1cc(-c2nc(-c3cn[nH]c3)cn3nccc23)cn1. The van der Waals surface area contributed by atoms with Gasteiger partial charge in [0.2, 0.25) is 0 Å². The van der Waals surface area contributed by atoms with Crippen LogP contribution >= 0.6 is 0 Å². The second-order valence-electron chi connectivity index (χ2n) is 5.59. The fraction of sp³-hybridized carbons (Fsp3) is 0.250. The van der Waals surface area contributed by atoms with E-state index >= 15 is 0 Å². The van der Waals surface area contributed by atoms with Gasteiger partial charge in [-0.25, -0.2) is 9.50 Å². The Kier molecular flexibility index (Phi) is 3.18. The van der Waals surface area contributed by atoms with Gasteiger partial charge in [-0.15, -0.1) is 0 Å². The van der Waals surface area contributed by atoms with Gasteiger partial charge < -0.3 is 0 Å². The van der Waals surface area contributed by atoms with E-state index in [-0.39, 0.29) is 0 Å². The summed E-state index contributed by atoms with van der Waals surface area (Å²) in [7, 11) is 0. The number of nitrogens with one attached hydrogen (secondary N) is 1. The summed E-state index contributed by atoms with van der Waals surface area (Å²) >= 11 is 0. The normalized spacial score (nSPS) is 12.8. The molecule has 0 aliphatic heterocycles. The molecule has 0 amide bonds. The summed E-state index contributed by atoms with van der Waals surface area (Å²) in [5.74, 6) is 0. The molecule has 7 nitrogen and oxygen atoms in total. The van der Waals surface area contributed by atoms with E-state index in [1.807, 2.05) is 40.1 Å². The van der Waals surface area contributed by atoms with Crippen molar-refractivity contribution in [3.63, 3.8) is 0 Å². The van der Waals surface area contributed by atoms with E-state index in [9.17, 15) is 0 Å². The minimum atomic E-state index is 0.363. The summed E-state index contributed by atoms with van der Waals surface area (Å²) in [6.07, 6.45) is 12.2. The van der Waals surface area contributed by atoms with Crippen LogP contribution in [0, 0.1) is 0 Å². The molecule has 0 spiro atoms. The smallest absolute Gasteiger partial charge is 0.0999 e. The van der Waals surface area contributed by atoms with Crippen molar-refractivity contribution in [1.29, 1.82) is 0 Å². The first-order chi connectivity index (χ1) is 11.3. The molecule has 0 radical (unpaired) electrons. The lowest BCUT2D eigenvalue weighted by Crippen LogP contribution is -2.03. The van der Waals surface area contributed by atoms with Crippen LogP contribution in [-0.2, 0) is 0 Å². The zero-order chi connectivity index (χ0) is 15.8. The Morgan fingerprint density at radius 1 is 1.17 bits per heavy atom. The number of fused-ring (bicyclic) bond motifs is 1. The molecule has 0 aliphatic rings. The van der Waals surface area contributed by atoms with Crippen LogP contribution in [-0.4, -0.2) is 34.6 Å². The summed E-state index contributed by atoms with van der Waals surface area (Å²) in [4.78, 5) is 4.81. The number of aromatic nitrogens is 7. The molecule has 0 fully saturated rings. The molecular formula is C16H17N7. The van der Waals surface area contributed by atoms with Crippen LogP contribution in [0.1, 0.15) is 26.3 Å². The van der Waals surface area contributed by atoms with Crippen molar-refractivity contribution < 1.29 is 0 Å². The third-order valence-corrected chi connectivity index (χ3v) is 4.10. The monoisotopic (exact) mass is 307 g/mol. The lowest BCUT2D eigenvalue weighted by molar-refractivity contribution is 0.478. The van der Waals surface area contributed by atoms with E-state index < -0.39 is 0 Å². The van der Waals surface area contributed by atoms with Crippen molar-refractivity contribution in [1.82, 2.24) is 34.6 Å². The van der Waals surface area contributed by atoms with Gasteiger partial charge in [0, 0.05) is 29.6 Å². The highest BCUT2D eigenvalue weighted by molar-refractivity contribution is 5.78. The van der Waals surface area contributed by atoms with Gasteiger partial charge in [0.15, 0.2) is 0 Å². The Balaban J connectivity index is 1.88. The van der Waals surface area contributed by atoms with Gasteiger partial charge in [-0.1, -0.05) is 6.92 Å². The van der Waals surface area contributed by atoms with Gasteiger partial charge in [0.1, 0.15) is 0 Å². The first-order valence-electron chi connectivity index (χ1n) is 7.64.